The Hall–Kier alpha value is -0.892. The number of hydrogen-bond donors (Lipinski definition) is 0. The first-order valence-corrected chi connectivity index (χ1v) is 23.8. The molecular weight excluding hydrogens is 485 g/mol. The topological polar surface area (TPSA) is 71.1 Å². The number of carbonyl (C=O) groups excluding carboxylic acids is 2. The van der Waals surface area contributed by atoms with Crippen LogP contribution in [0.25, 0.3) is 0 Å². The lowest BCUT2D eigenvalue weighted by atomic mass is 10.0. The summed E-state index contributed by atoms with van der Waals surface area (Å²) in [5.74, 6) is -1.06. The van der Waals surface area contributed by atoms with Crippen LogP contribution in [0, 0.1) is 5.92 Å². The highest BCUT2D eigenvalue weighted by molar-refractivity contribution is 6.89. The van der Waals surface area contributed by atoms with Crippen molar-refractivity contribution < 1.29 is 26.7 Å². The Morgan fingerprint density at radius 1 is 0.818 bits per heavy atom. The summed E-state index contributed by atoms with van der Waals surface area (Å²) in [5.41, 5.74) is 1.35. The van der Waals surface area contributed by atoms with Gasteiger partial charge in [-0.3, -0.25) is 9.59 Å². The van der Waals surface area contributed by atoms with Crippen LogP contribution in [0.1, 0.15) is 24.8 Å². The normalized spacial score (nSPS) is 18.0. The molecule has 1 aliphatic heterocycles. The summed E-state index contributed by atoms with van der Waals surface area (Å²) in [6.45, 7) is 17.5. The second-order valence-corrected chi connectivity index (χ2v) is 27.3. The van der Waals surface area contributed by atoms with Crippen LogP contribution in [0.5, 0.6) is 0 Å². The van der Waals surface area contributed by atoms with Crippen molar-refractivity contribution in [3.63, 3.8) is 0 Å². The lowest BCUT2D eigenvalue weighted by Crippen LogP contribution is -2.56. The molecule has 6 nitrogen and oxygen atoms in total. The van der Waals surface area contributed by atoms with Crippen molar-refractivity contribution in [2.45, 2.75) is 90.1 Å². The molecule has 1 aliphatic rings. The Labute approximate surface area is 204 Å². The number of benzene rings is 1. The van der Waals surface area contributed by atoms with Gasteiger partial charge in [-0.05, 0) is 82.9 Å². The van der Waals surface area contributed by atoms with E-state index in [1.54, 1.807) is 0 Å². The molecule has 1 aromatic carbocycles. The summed E-state index contributed by atoms with van der Waals surface area (Å²) in [4.78, 5) is 23.0. The van der Waals surface area contributed by atoms with E-state index in [-0.39, 0.29) is 18.3 Å². The largest absolute Gasteiger partial charge is 0.436 e. The molecule has 0 spiro atoms. The minimum atomic E-state index is -2.39. The van der Waals surface area contributed by atoms with Crippen molar-refractivity contribution in [3.05, 3.63) is 35.9 Å². The van der Waals surface area contributed by atoms with Gasteiger partial charge >= 0.3 is 29.1 Å². The lowest BCUT2D eigenvalue weighted by Gasteiger charge is -2.41. The van der Waals surface area contributed by atoms with Gasteiger partial charge in [-0.15, -0.1) is 0 Å². The lowest BCUT2D eigenvalue weighted by molar-refractivity contribution is -0.153. The summed E-state index contributed by atoms with van der Waals surface area (Å²) in [6, 6.07) is 12.6. The summed E-state index contributed by atoms with van der Waals surface area (Å²) >= 11 is 0. The fourth-order valence-electron chi connectivity index (χ4n) is 4.67. The second kappa shape index (κ2) is 11.2. The van der Waals surface area contributed by atoms with Gasteiger partial charge in [0.05, 0.1) is 12.3 Å². The number of hydrogen-bond acceptors (Lipinski definition) is 6. The number of esters is 2. The van der Waals surface area contributed by atoms with E-state index in [1.807, 2.05) is 6.07 Å². The molecule has 2 rings (SSSR count). The highest BCUT2D eigenvalue weighted by Crippen LogP contribution is 2.29. The van der Waals surface area contributed by atoms with E-state index >= 15 is 0 Å². The van der Waals surface area contributed by atoms with Gasteiger partial charge in [0.1, 0.15) is 0 Å². The molecule has 0 N–H and O–H groups in total. The van der Waals surface area contributed by atoms with E-state index < -0.39 is 39.7 Å². The Balaban J connectivity index is 1.84. The van der Waals surface area contributed by atoms with Crippen molar-refractivity contribution in [1.82, 2.24) is 0 Å². The van der Waals surface area contributed by atoms with Crippen molar-refractivity contribution >= 4 is 45.7 Å². The van der Waals surface area contributed by atoms with E-state index in [0.29, 0.717) is 6.42 Å². The average molecular weight is 527 g/mol. The number of carbonyl (C=O) groups is 2. The molecule has 1 unspecified atom stereocenters. The zero-order valence-electron chi connectivity index (χ0n) is 21.7. The zero-order chi connectivity index (χ0) is 24.9. The first-order valence-electron chi connectivity index (χ1n) is 12.0. The highest BCUT2D eigenvalue weighted by Gasteiger charge is 2.43. The van der Waals surface area contributed by atoms with Gasteiger partial charge in [0, 0.05) is 0 Å². The molecule has 0 saturated carbocycles. The van der Waals surface area contributed by atoms with Crippen molar-refractivity contribution in [3.8, 4) is 0 Å². The Morgan fingerprint density at radius 3 is 1.88 bits per heavy atom. The van der Waals surface area contributed by atoms with Crippen LogP contribution in [0.15, 0.2) is 30.3 Å². The number of cyclic esters (lactones) is 2. The first kappa shape index (κ1) is 28.3. The maximum absolute atomic E-state index is 11.7. The van der Waals surface area contributed by atoms with Crippen molar-refractivity contribution in [2.24, 2.45) is 5.92 Å². The Morgan fingerprint density at radius 2 is 1.36 bits per heavy atom. The van der Waals surface area contributed by atoms with E-state index in [1.165, 1.54) is 5.56 Å². The maximum Gasteiger partial charge on any atom is 0.317 e. The van der Waals surface area contributed by atoms with Crippen LogP contribution in [0.2, 0.25) is 64.5 Å². The highest BCUT2D eigenvalue weighted by atomic mass is 28.5. The van der Waals surface area contributed by atoms with Gasteiger partial charge in [-0.25, -0.2) is 0 Å². The second-order valence-electron chi connectivity index (χ2n) is 11.2. The predicted molar refractivity (Wildman–Crippen MR) is 141 cm³/mol. The third kappa shape index (κ3) is 10.5. The van der Waals surface area contributed by atoms with Gasteiger partial charge in [-0.2, -0.15) is 0 Å². The van der Waals surface area contributed by atoms with E-state index in [0.717, 1.165) is 24.9 Å². The monoisotopic (exact) mass is 526 g/mol. The third-order valence-electron chi connectivity index (χ3n) is 5.69. The Kier molecular flexibility index (Phi) is 9.65. The SMILES string of the molecule is C[Si](C)(CCCC1CC(=O)OC1=O)O[Si](C)(C)O[Si](C)(C)O[Si](C)(C)CCc1ccccc1. The van der Waals surface area contributed by atoms with E-state index in [4.69, 9.17) is 12.3 Å². The standard InChI is InChI=1S/C23H42O6Si4/c1-30(2,17-12-15-21-19-22(24)26-23(21)25)27-32(5,6)29-33(7,8)28-31(3,4)18-16-20-13-10-9-11-14-20/h9-11,13-14,21H,12,15-19H2,1-8H3. The maximum atomic E-state index is 11.7. The molecule has 0 radical (unpaired) electrons. The molecule has 1 heterocycles. The summed E-state index contributed by atoms with van der Waals surface area (Å²) in [6.07, 6.45) is 2.78. The molecule has 0 aliphatic carbocycles. The quantitative estimate of drug-likeness (QED) is 0.179. The molecule has 10 heteroatoms. The van der Waals surface area contributed by atoms with E-state index in [2.05, 4.69) is 81.4 Å². The van der Waals surface area contributed by atoms with Crippen molar-refractivity contribution in [2.75, 3.05) is 0 Å². The minimum absolute atomic E-state index is 0.214. The van der Waals surface area contributed by atoms with Gasteiger partial charge in [0.25, 0.3) is 0 Å². The van der Waals surface area contributed by atoms with Gasteiger partial charge in [0.2, 0.25) is 0 Å². The number of rotatable bonds is 13. The smallest absolute Gasteiger partial charge is 0.317 e. The molecule has 1 aromatic rings. The number of aryl methyl sites for hydroxylation is 1. The van der Waals surface area contributed by atoms with E-state index in [9.17, 15) is 9.59 Å². The Bertz CT molecular complexity index is 810. The van der Waals surface area contributed by atoms with Crippen LogP contribution in [0.3, 0.4) is 0 Å². The molecule has 0 bridgehead atoms. The predicted octanol–water partition coefficient (Wildman–Crippen LogP) is 5.96. The first-order chi connectivity index (χ1) is 15.1. The van der Waals surface area contributed by atoms with Crippen LogP contribution < -0.4 is 0 Å². The van der Waals surface area contributed by atoms with Gasteiger partial charge < -0.3 is 17.1 Å². The summed E-state index contributed by atoms with van der Waals surface area (Å²) in [5, 5.41) is 0. The number of ether oxygens (including phenoxy) is 1. The molecule has 0 amide bonds. The van der Waals surface area contributed by atoms with Gasteiger partial charge in [-0.1, -0.05) is 36.8 Å². The van der Waals surface area contributed by atoms with Crippen LogP contribution in [-0.4, -0.2) is 45.7 Å². The molecule has 186 valence electrons. The zero-order valence-corrected chi connectivity index (χ0v) is 25.7. The van der Waals surface area contributed by atoms with Crippen LogP contribution in [-0.2, 0) is 33.1 Å². The van der Waals surface area contributed by atoms with Gasteiger partial charge in [0.15, 0.2) is 16.6 Å². The average Bonchev–Trinajstić information content (AvgIpc) is 2.95. The minimum Gasteiger partial charge on any atom is -0.436 e. The molecule has 1 atom stereocenters. The van der Waals surface area contributed by atoms with Crippen molar-refractivity contribution in [1.29, 1.82) is 0 Å². The molecular formula is C23H42O6Si4. The molecule has 1 saturated heterocycles. The third-order valence-corrected chi connectivity index (χ3v) is 21.0. The summed E-state index contributed by atoms with van der Waals surface area (Å²) in [7, 11) is -8.63. The molecule has 0 aromatic heterocycles. The molecule has 1 fully saturated rings. The van der Waals surface area contributed by atoms with Crippen LogP contribution in [0.4, 0.5) is 0 Å². The fraction of sp³-hybridized carbons (Fsp3) is 0.652. The van der Waals surface area contributed by atoms with Crippen LogP contribution >= 0.6 is 0 Å². The summed E-state index contributed by atoms with van der Waals surface area (Å²) < 4.78 is 24.7. The fourth-order valence-corrected chi connectivity index (χ4v) is 23.9. The molecule has 33 heavy (non-hydrogen) atoms.